The van der Waals surface area contributed by atoms with Crippen LogP contribution in [0.3, 0.4) is 0 Å². The molecular formula is C14H13N5O. The summed E-state index contributed by atoms with van der Waals surface area (Å²) in [5.41, 5.74) is 2.51. The number of fused-ring (bicyclic) bond motifs is 1. The van der Waals surface area contributed by atoms with Crippen molar-refractivity contribution in [3.05, 3.63) is 54.4 Å². The van der Waals surface area contributed by atoms with Gasteiger partial charge in [-0.15, -0.1) is 0 Å². The number of nitrogens with one attached hydrogen (secondary N) is 1. The van der Waals surface area contributed by atoms with Gasteiger partial charge in [0.1, 0.15) is 5.65 Å². The zero-order valence-electron chi connectivity index (χ0n) is 10.9. The lowest BCUT2D eigenvalue weighted by Gasteiger charge is -2.06. The number of hydrogen-bond acceptors (Lipinski definition) is 4. The van der Waals surface area contributed by atoms with Crippen molar-refractivity contribution in [2.24, 2.45) is 0 Å². The number of imidazole rings is 1. The van der Waals surface area contributed by atoms with Crippen LogP contribution in [0.2, 0.25) is 0 Å². The molecule has 0 radical (unpaired) electrons. The number of aromatic nitrogens is 4. The van der Waals surface area contributed by atoms with Crippen molar-refractivity contribution in [3.63, 3.8) is 0 Å². The summed E-state index contributed by atoms with van der Waals surface area (Å²) in [6.45, 7) is 1.85. The number of rotatable bonds is 3. The highest BCUT2D eigenvalue weighted by Crippen LogP contribution is 2.08. The van der Waals surface area contributed by atoms with E-state index in [0.717, 1.165) is 17.0 Å². The van der Waals surface area contributed by atoms with Gasteiger partial charge in [-0.3, -0.25) is 9.78 Å². The summed E-state index contributed by atoms with van der Waals surface area (Å²) < 4.78 is 1.89. The zero-order valence-corrected chi connectivity index (χ0v) is 10.9. The van der Waals surface area contributed by atoms with Crippen LogP contribution in [0.1, 0.15) is 11.4 Å². The molecule has 0 bridgehead atoms. The highest BCUT2D eigenvalue weighted by atomic mass is 16.1. The molecule has 0 saturated heterocycles. The van der Waals surface area contributed by atoms with Crippen LogP contribution in [-0.4, -0.2) is 25.3 Å². The molecular weight excluding hydrogens is 254 g/mol. The summed E-state index contributed by atoms with van der Waals surface area (Å²) in [7, 11) is 0. The number of aryl methyl sites for hydroxylation is 1. The van der Waals surface area contributed by atoms with E-state index in [-0.39, 0.29) is 12.3 Å². The van der Waals surface area contributed by atoms with Crippen LogP contribution in [0.5, 0.6) is 0 Å². The lowest BCUT2D eigenvalue weighted by atomic mass is 10.2. The molecule has 0 aliphatic heterocycles. The number of hydrogen-bond donors (Lipinski definition) is 1. The van der Waals surface area contributed by atoms with E-state index in [4.69, 9.17) is 0 Å². The number of amides is 1. The third-order valence-corrected chi connectivity index (χ3v) is 2.90. The van der Waals surface area contributed by atoms with Crippen molar-refractivity contribution in [2.45, 2.75) is 13.3 Å². The van der Waals surface area contributed by atoms with Crippen LogP contribution >= 0.6 is 0 Å². The van der Waals surface area contributed by atoms with E-state index in [0.29, 0.717) is 5.82 Å². The van der Waals surface area contributed by atoms with Crippen LogP contribution in [0.15, 0.2) is 43.0 Å². The molecule has 0 aliphatic rings. The summed E-state index contributed by atoms with van der Waals surface area (Å²) in [5.74, 6) is 0.322. The van der Waals surface area contributed by atoms with Gasteiger partial charge in [-0.1, -0.05) is 6.07 Å². The summed E-state index contributed by atoms with van der Waals surface area (Å²) in [6, 6.07) is 5.68. The number of carbonyl (C=O) groups excluding carboxylic acids is 1. The van der Waals surface area contributed by atoms with E-state index in [2.05, 4.69) is 20.3 Å². The molecule has 0 saturated carbocycles. The minimum Gasteiger partial charge on any atom is -0.309 e. The Balaban J connectivity index is 1.76. The number of carbonyl (C=O) groups is 1. The summed E-state index contributed by atoms with van der Waals surface area (Å²) in [5, 5.41) is 2.73. The second kappa shape index (κ2) is 5.08. The van der Waals surface area contributed by atoms with Gasteiger partial charge in [0, 0.05) is 18.1 Å². The van der Waals surface area contributed by atoms with Gasteiger partial charge in [0.25, 0.3) is 0 Å². The molecule has 3 aromatic rings. The van der Waals surface area contributed by atoms with Crippen LogP contribution in [0.4, 0.5) is 5.82 Å². The van der Waals surface area contributed by atoms with E-state index in [1.165, 1.54) is 0 Å². The molecule has 20 heavy (non-hydrogen) atoms. The number of pyridine rings is 1. The highest BCUT2D eigenvalue weighted by molar-refractivity contribution is 5.91. The number of nitrogens with zero attached hydrogens (tertiary/aromatic N) is 4. The van der Waals surface area contributed by atoms with E-state index < -0.39 is 0 Å². The molecule has 3 aromatic heterocycles. The second-order valence-corrected chi connectivity index (χ2v) is 4.44. The summed E-state index contributed by atoms with van der Waals surface area (Å²) >= 11 is 0. The Bertz CT molecular complexity index is 748. The fraction of sp³-hybridized carbons (Fsp3) is 0.143. The van der Waals surface area contributed by atoms with Gasteiger partial charge < -0.3 is 9.72 Å². The van der Waals surface area contributed by atoms with Gasteiger partial charge >= 0.3 is 0 Å². The van der Waals surface area contributed by atoms with Gasteiger partial charge in [0.05, 0.1) is 24.5 Å². The summed E-state index contributed by atoms with van der Waals surface area (Å²) in [6.07, 6.45) is 6.96. The molecule has 3 rings (SSSR count). The maximum Gasteiger partial charge on any atom is 0.231 e. The van der Waals surface area contributed by atoms with Gasteiger partial charge in [-0.2, -0.15) is 0 Å². The molecule has 6 heteroatoms. The minimum atomic E-state index is -0.135. The van der Waals surface area contributed by atoms with Gasteiger partial charge in [0.2, 0.25) is 5.91 Å². The number of anilines is 1. The molecule has 0 aliphatic carbocycles. The van der Waals surface area contributed by atoms with Crippen molar-refractivity contribution in [3.8, 4) is 0 Å². The first kappa shape index (κ1) is 12.3. The highest BCUT2D eigenvalue weighted by Gasteiger charge is 2.08. The van der Waals surface area contributed by atoms with E-state index >= 15 is 0 Å². The van der Waals surface area contributed by atoms with Crippen LogP contribution in [0, 0.1) is 6.92 Å². The normalized spacial score (nSPS) is 10.7. The predicted molar refractivity (Wildman–Crippen MR) is 74.3 cm³/mol. The smallest absolute Gasteiger partial charge is 0.231 e. The fourth-order valence-electron chi connectivity index (χ4n) is 1.96. The van der Waals surface area contributed by atoms with Crippen molar-refractivity contribution in [1.29, 1.82) is 0 Å². The maximum atomic E-state index is 12.0. The SMILES string of the molecule is Cc1cnc(NC(=O)Cc2cccc3nccn23)cn1. The molecule has 1 amide bonds. The van der Waals surface area contributed by atoms with Crippen LogP contribution < -0.4 is 5.32 Å². The van der Waals surface area contributed by atoms with Crippen LogP contribution in [-0.2, 0) is 11.2 Å². The monoisotopic (exact) mass is 267 g/mol. The predicted octanol–water partition coefficient (Wildman–Crippen LogP) is 1.61. The average Bonchev–Trinajstić information content (AvgIpc) is 2.91. The first-order valence-electron chi connectivity index (χ1n) is 6.22. The van der Waals surface area contributed by atoms with Gasteiger partial charge in [-0.25, -0.2) is 9.97 Å². The Kier molecular flexibility index (Phi) is 3.12. The van der Waals surface area contributed by atoms with E-state index in [9.17, 15) is 4.79 Å². The molecule has 0 atom stereocenters. The molecule has 100 valence electrons. The Morgan fingerprint density at radius 3 is 2.95 bits per heavy atom. The maximum absolute atomic E-state index is 12.0. The molecule has 0 spiro atoms. The molecule has 0 fully saturated rings. The third kappa shape index (κ3) is 2.49. The van der Waals surface area contributed by atoms with E-state index in [1.807, 2.05) is 35.7 Å². The molecule has 1 N–H and O–H groups in total. The zero-order chi connectivity index (χ0) is 13.9. The van der Waals surface area contributed by atoms with Crippen LogP contribution in [0.25, 0.3) is 5.65 Å². The van der Waals surface area contributed by atoms with Crippen molar-refractivity contribution < 1.29 is 4.79 Å². The van der Waals surface area contributed by atoms with Crippen molar-refractivity contribution >= 4 is 17.4 Å². The third-order valence-electron chi connectivity index (χ3n) is 2.90. The average molecular weight is 267 g/mol. The minimum absolute atomic E-state index is 0.135. The Hall–Kier alpha value is -2.76. The quantitative estimate of drug-likeness (QED) is 0.782. The Labute approximate surface area is 115 Å². The lowest BCUT2D eigenvalue weighted by molar-refractivity contribution is -0.115. The Morgan fingerprint density at radius 2 is 2.15 bits per heavy atom. The largest absolute Gasteiger partial charge is 0.309 e. The second-order valence-electron chi connectivity index (χ2n) is 4.44. The van der Waals surface area contributed by atoms with Gasteiger partial charge in [-0.05, 0) is 19.1 Å². The Morgan fingerprint density at radius 1 is 1.25 bits per heavy atom. The van der Waals surface area contributed by atoms with Gasteiger partial charge in [0.15, 0.2) is 5.82 Å². The van der Waals surface area contributed by atoms with Crippen molar-refractivity contribution in [1.82, 2.24) is 19.4 Å². The summed E-state index contributed by atoms with van der Waals surface area (Å²) in [4.78, 5) is 24.4. The fourth-order valence-corrected chi connectivity index (χ4v) is 1.96. The topological polar surface area (TPSA) is 72.2 Å². The van der Waals surface area contributed by atoms with Crippen molar-refractivity contribution in [2.75, 3.05) is 5.32 Å². The first-order chi connectivity index (χ1) is 9.72. The lowest BCUT2D eigenvalue weighted by Crippen LogP contribution is -2.17. The first-order valence-corrected chi connectivity index (χ1v) is 6.22. The van der Waals surface area contributed by atoms with E-state index in [1.54, 1.807) is 18.6 Å². The standard InChI is InChI=1S/C14H13N5O/c1-10-8-17-12(9-16-10)18-14(20)7-11-3-2-4-13-15-5-6-19(11)13/h2-6,8-9H,7H2,1H3,(H,17,18,20). The molecule has 0 aromatic carbocycles. The molecule has 6 nitrogen and oxygen atoms in total. The molecule has 0 unspecified atom stereocenters. The molecule has 3 heterocycles.